The van der Waals surface area contributed by atoms with Gasteiger partial charge in [-0.3, -0.25) is 10.1 Å². The van der Waals surface area contributed by atoms with Crippen molar-refractivity contribution in [3.05, 3.63) is 39.7 Å². The number of aromatic hydroxyl groups is 1. The Morgan fingerprint density at radius 2 is 2.10 bits per heavy atom. The lowest BCUT2D eigenvalue weighted by atomic mass is 10.2. The molecular weight excluding hydrogens is 317 g/mol. The number of alkyl halides is 2. The number of nitrogens with zero attached hydrogens (tertiary/aromatic N) is 1. The second kappa shape index (κ2) is 5.64. The summed E-state index contributed by atoms with van der Waals surface area (Å²) in [6, 6.07) is 1.98. The average Bonchev–Trinajstić information content (AvgIpc) is 2.82. The van der Waals surface area contributed by atoms with Crippen LogP contribution in [0, 0.1) is 0 Å². The monoisotopic (exact) mass is 322 g/mol. The number of benzene rings is 1. The van der Waals surface area contributed by atoms with Gasteiger partial charge in [-0.05, 0) is 12.1 Å². The molecule has 1 aromatic carbocycles. The largest absolute Gasteiger partial charge is 0.506 e. The van der Waals surface area contributed by atoms with E-state index in [-0.39, 0.29) is 15.6 Å². The lowest BCUT2D eigenvalue weighted by Crippen LogP contribution is -2.12. The number of aromatic nitrogens is 1. The van der Waals surface area contributed by atoms with Gasteiger partial charge in [0.2, 0.25) is 0 Å². The Labute approximate surface area is 121 Å². The highest BCUT2D eigenvalue weighted by Gasteiger charge is 2.19. The maximum absolute atomic E-state index is 12.3. The number of carbonyl (C=O) groups is 1. The summed E-state index contributed by atoms with van der Waals surface area (Å²) in [4.78, 5) is 15.3. The van der Waals surface area contributed by atoms with Crippen molar-refractivity contribution in [2.24, 2.45) is 0 Å². The van der Waals surface area contributed by atoms with Gasteiger partial charge >= 0.3 is 6.01 Å². The minimum absolute atomic E-state index is 0.122. The molecule has 0 radical (unpaired) electrons. The Balaban J connectivity index is 2.23. The van der Waals surface area contributed by atoms with E-state index in [1.165, 1.54) is 6.07 Å². The lowest BCUT2D eigenvalue weighted by Gasteiger charge is -2.06. The molecule has 2 aromatic rings. The number of amides is 1. The van der Waals surface area contributed by atoms with Crippen molar-refractivity contribution in [1.82, 2.24) is 4.98 Å². The number of halogens is 4. The molecule has 0 saturated heterocycles. The van der Waals surface area contributed by atoms with E-state index in [2.05, 4.69) is 14.7 Å². The van der Waals surface area contributed by atoms with Gasteiger partial charge in [0.15, 0.2) is 5.76 Å². The van der Waals surface area contributed by atoms with E-state index in [1.807, 2.05) is 0 Å². The van der Waals surface area contributed by atoms with Crippen LogP contribution in [-0.4, -0.2) is 16.0 Å². The molecule has 1 aromatic heterocycles. The van der Waals surface area contributed by atoms with Gasteiger partial charge in [-0.2, -0.15) is 0 Å². The van der Waals surface area contributed by atoms with E-state index >= 15 is 0 Å². The first-order chi connectivity index (χ1) is 9.38. The van der Waals surface area contributed by atoms with Crippen LogP contribution in [0.1, 0.15) is 22.5 Å². The summed E-state index contributed by atoms with van der Waals surface area (Å²) in [6.45, 7) is 0. The van der Waals surface area contributed by atoms with Crippen molar-refractivity contribution in [2.45, 2.75) is 6.43 Å². The molecule has 0 aliphatic heterocycles. The SMILES string of the molecule is O=C(Nc1ncc(C(F)F)o1)c1cc(Cl)cc(Cl)c1O. The fourth-order valence-electron chi connectivity index (χ4n) is 1.35. The predicted molar refractivity (Wildman–Crippen MR) is 67.5 cm³/mol. The zero-order valence-electron chi connectivity index (χ0n) is 9.53. The summed E-state index contributed by atoms with van der Waals surface area (Å²) in [5.74, 6) is -2.03. The molecule has 0 spiro atoms. The fraction of sp³-hybridized carbons (Fsp3) is 0.0909. The maximum atomic E-state index is 12.3. The third-order valence-corrected chi connectivity index (χ3v) is 2.74. The Morgan fingerprint density at radius 1 is 1.40 bits per heavy atom. The number of rotatable bonds is 3. The van der Waals surface area contributed by atoms with Crippen LogP contribution in [0.5, 0.6) is 5.75 Å². The summed E-state index contributed by atoms with van der Waals surface area (Å²) in [6.07, 6.45) is -2.06. The Bertz CT molecular complexity index is 661. The highest BCUT2D eigenvalue weighted by atomic mass is 35.5. The fourth-order valence-corrected chi connectivity index (χ4v) is 1.84. The molecular formula is C11H6Cl2F2N2O3. The minimum Gasteiger partial charge on any atom is -0.506 e. The van der Waals surface area contributed by atoms with E-state index in [0.29, 0.717) is 0 Å². The first kappa shape index (κ1) is 14.5. The van der Waals surface area contributed by atoms with Crippen LogP contribution in [0.3, 0.4) is 0 Å². The summed E-state index contributed by atoms with van der Waals surface area (Å²) < 4.78 is 29.2. The Kier molecular flexibility index (Phi) is 4.10. The lowest BCUT2D eigenvalue weighted by molar-refractivity contribution is 0.101. The topological polar surface area (TPSA) is 75.4 Å². The zero-order valence-corrected chi connectivity index (χ0v) is 11.0. The van der Waals surface area contributed by atoms with Crippen molar-refractivity contribution >= 4 is 35.1 Å². The van der Waals surface area contributed by atoms with Crippen molar-refractivity contribution in [3.8, 4) is 5.75 Å². The number of nitrogens with one attached hydrogen (secondary N) is 1. The van der Waals surface area contributed by atoms with E-state index < -0.39 is 29.9 Å². The van der Waals surface area contributed by atoms with Crippen LogP contribution in [0.2, 0.25) is 10.0 Å². The number of oxazole rings is 1. The third kappa shape index (κ3) is 3.00. The number of anilines is 1. The molecule has 9 heteroatoms. The molecule has 20 heavy (non-hydrogen) atoms. The number of hydrogen-bond donors (Lipinski definition) is 2. The maximum Gasteiger partial charge on any atom is 0.302 e. The average molecular weight is 323 g/mol. The Hall–Kier alpha value is -1.86. The normalized spacial score (nSPS) is 10.8. The van der Waals surface area contributed by atoms with Crippen molar-refractivity contribution in [3.63, 3.8) is 0 Å². The Morgan fingerprint density at radius 3 is 2.70 bits per heavy atom. The molecule has 106 valence electrons. The molecule has 0 saturated carbocycles. The molecule has 1 amide bonds. The summed E-state index contributed by atoms with van der Waals surface area (Å²) in [5.41, 5.74) is -0.237. The zero-order chi connectivity index (χ0) is 14.9. The van der Waals surface area contributed by atoms with Crippen LogP contribution in [0.25, 0.3) is 0 Å². The molecule has 0 aliphatic carbocycles. The van der Waals surface area contributed by atoms with E-state index in [9.17, 15) is 18.7 Å². The van der Waals surface area contributed by atoms with E-state index in [1.54, 1.807) is 0 Å². The van der Waals surface area contributed by atoms with Crippen LogP contribution in [0.15, 0.2) is 22.7 Å². The molecule has 0 fully saturated rings. The van der Waals surface area contributed by atoms with E-state index in [4.69, 9.17) is 23.2 Å². The van der Waals surface area contributed by atoms with Crippen LogP contribution >= 0.6 is 23.2 Å². The molecule has 0 aliphatic rings. The predicted octanol–water partition coefficient (Wildman–Crippen LogP) is 3.88. The number of carbonyl (C=O) groups excluding carboxylic acids is 1. The van der Waals surface area contributed by atoms with Gasteiger partial charge in [0.05, 0.1) is 16.8 Å². The minimum atomic E-state index is -2.85. The number of phenolic OH excluding ortho intramolecular Hbond substituents is 1. The summed E-state index contributed by atoms with van der Waals surface area (Å²) >= 11 is 11.4. The van der Waals surface area contributed by atoms with Crippen LogP contribution < -0.4 is 5.32 Å². The van der Waals surface area contributed by atoms with Gasteiger partial charge in [-0.15, -0.1) is 0 Å². The highest BCUT2D eigenvalue weighted by Crippen LogP contribution is 2.31. The second-order valence-corrected chi connectivity index (χ2v) is 4.45. The van der Waals surface area contributed by atoms with Crippen molar-refractivity contribution in [1.29, 1.82) is 0 Å². The molecule has 5 nitrogen and oxygen atoms in total. The van der Waals surface area contributed by atoms with Crippen LogP contribution in [-0.2, 0) is 0 Å². The van der Waals surface area contributed by atoms with Gasteiger partial charge in [0.1, 0.15) is 5.75 Å². The van der Waals surface area contributed by atoms with Gasteiger partial charge in [0.25, 0.3) is 12.3 Å². The van der Waals surface area contributed by atoms with Crippen molar-refractivity contribution in [2.75, 3.05) is 5.32 Å². The molecule has 2 rings (SSSR count). The van der Waals surface area contributed by atoms with Gasteiger partial charge in [-0.1, -0.05) is 23.2 Å². The molecule has 1 heterocycles. The number of hydrogen-bond acceptors (Lipinski definition) is 4. The summed E-state index contributed by atoms with van der Waals surface area (Å²) in [7, 11) is 0. The first-order valence-electron chi connectivity index (χ1n) is 5.11. The molecule has 2 N–H and O–H groups in total. The highest BCUT2D eigenvalue weighted by molar-refractivity contribution is 6.36. The molecule has 0 unspecified atom stereocenters. The first-order valence-corrected chi connectivity index (χ1v) is 5.87. The van der Waals surface area contributed by atoms with Gasteiger partial charge < -0.3 is 9.52 Å². The summed E-state index contributed by atoms with van der Waals surface area (Å²) in [5, 5.41) is 11.7. The number of phenols is 1. The van der Waals surface area contributed by atoms with Crippen molar-refractivity contribution < 1.29 is 23.1 Å². The van der Waals surface area contributed by atoms with E-state index in [0.717, 1.165) is 12.3 Å². The quantitative estimate of drug-likeness (QED) is 0.899. The second-order valence-electron chi connectivity index (χ2n) is 3.61. The molecule has 0 atom stereocenters. The van der Waals surface area contributed by atoms with Crippen LogP contribution in [0.4, 0.5) is 14.8 Å². The van der Waals surface area contributed by atoms with Gasteiger partial charge in [-0.25, -0.2) is 13.8 Å². The third-order valence-electron chi connectivity index (χ3n) is 2.23. The molecule has 0 bridgehead atoms. The standard InChI is InChI=1S/C11H6Cl2F2N2O3/c12-4-1-5(8(18)6(13)2-4)10(19)17-11-16-3-7(20-11)9(14)15/h1-3,9,18H,(H,16,17,19). The van der Waals surface area contributed by atoms with Gasteiger partial charge in [0, 0.05) is 5.02 Å². The smallest absolute Gasteiger partial charge is 0.302 e.